The largest absolute Gasteiger partial charge is 0.573 e. The number of guanidine groups is 1. The van der Waals surface area contributed by atoms with Crippen molar-refractivity contribution in [3.63, 3.8) is 0 Å². The number of para-hydroxylation sites is 1. The molecule has 0 bridgehead atoms. The van der Waals surface area contributed by atoms with Crippen LogP contribution in [0.25, 0.3) is 0 Å². The van der Waals surface area contributed by atoms with Gasteiger partial charge in [-0.05, 0) is 6.07 Å². The highest BCUT2D eigenvalue weighted by Crippen LogP contribution is 2.26. The zero-order valence-corrected chi connectivity index (χ0v) is 18.4. The van der Waals surface area contributed by atoms with Gasteiger partial charge in [0.15, 0.2) is 5.96 Å². The number of ether oxygens (including phenoxy) is 1. The summed E-state index contributed by atoms with van der Waals surface area (Å²) >= 11 is 0. The van der Waals surface area contributed by atoms with Gasteiger partial charge in [0, 0.05) is 24.6 Å². The number of nitrogens with zero attached hydrogens (tertiary/aromatic N) is 2. The SMILES string of the molecule is CN=C(NCc1ncc(C(C)(C)C)o1)NCc1ccccc1OC(F)(F)F.I. The van der Waals surface area contributed by atoms with E-state index >= 15 is 0 Å². The Balaban J connectivity index is 0.00000392. The lowest BCUT2D eigenvalue weighted by Crippen LogP contribution is -2.36. The van der Waals surface area contributed by atoms with Crippen LogP contribution >= 0.6 is 24.0 Å². The number of rotatable bonds is 5. The molecule has 6 nitrogen and oxygen atoms in total. The van der Waals surface area contributed by atoms with Gasteiger partial charge in [-0.15, -0.1) is 37.1 Å². The van der Waals surface area contributed by atoms with Crippen molar-refractivity contribution < 1.29 is 22.3 Å². The van der Waals surface area contributed by atoms with Crippen molar-refractivity contribution in [2.75, 3.05) is 7.05 Å². The Hall–Kier alpha value is -1.98. The second-order valence-corrected chi connectivity index (χ2v) is 6.80. The van der Waals surface area contributed by atoms with Crippen molar-refractivity contribution in [2.45, 2.75) is 45.6 Å². The Morgan fingerprint density at radius 3 is 2.36 bits per heavy atom. The molecule has 2 aromatic rings. The summed E-state index contributed by atoms with van der Waals surface area (Å²) in [7, 11) is 1.56. The average Bonchev–Trinajstić information content (AvgIpc) is 3.04. The van der Waals surface area contributed by atoms with Crippen molar-refractivity contribution in [1.82, 2.24) is 15.6 Å². The van der Waals surface area contributed by atoms with Crippen molar-refractivity contribution in [3.05, 3.63) is 47.7 Å². The summed E-state index contributed by atoms with van der Waals surface area (Å²) in [6.07, 6.45) is -3.07. The first-order valence-corrected chi connectivity index (χ1v) is 8.32. The van der Waals surface area contributed by atoms with Gasteiger partial charge in [0.25, 0.3) is 0 Å². The first kappa shape index (κ1) is 24.1. The van der Waals surface area contributed by atoms with Gasteiger partial charge < -0.3 is 19.8 Å². The van der Waals surface area contributed by atoms with Crippen molar-refractivity contribution in [1.29, 1.82) is 0 Å². The van der Waals surface area contributed by atoms with Gasteiger partial charge in [-0.2, -0.15) is 0 Å². The second kappa shape index (κ2) is 9.99. The Labute approximate surface area is 179 Å². The molecule has 0 saturated carbocycles. The monoisotopic (exact) mass is 512 g/mol. The van der Waals surface area contributed by atoms with E-state index in [1.54, 1.807) is 25.4 Å². The molecule has 0 atom stereocenters. The fourth-order valence-corrected chi connectivity index (χ4v) is 2.17. The summed E-state index contributed by atoms with van der Waals surface area (Å²) in [5, 5.41) is 5.95. The van der Waals surface area contributed by atoms with Crippen LogP contribution in [0, 0.1) is 0 Å². The van der Waals surface area contributed by atoms with Gasteiger partial charge in [0.2, 0.25) is 5.89 Å². The minimum Gasteiger partial charge on any atom is -0.443 e. The first-order chi connectivity index (χ1) is 12.6. The van der Waals surface area contributed by atoms with E-state index in [9.17, 15) is 13.2 Å². The third kappa shape index (κ3) is 7.56. The molecule has 0 saturated heterocycles. The third-order valence-corrected chi connectivity index (χ3v) is 3.57. The maximum Gasteiger partial charge on any atom is 0.573 e. The molecule has 0 aliphatic heterocycles. The van der Waals surface area contributed by atoms with Crippen LogP contribution in [0.5, 0.6) is 5.75 Å². The molecule has 1 heterocycles. The van der Waals surface area contributed by atoms with Gasteiger partial charge >= 0.3 is 6.36 Å². The number of hydrogen-bond acceptors (Lipinski definition) is 4. The number of alkyl halides is 3. The summed E-state index contributed by atoms with van der Waals surface area (Å²) in [5.41, 5.74) is 0.205. The van der Waals surface area contributed by atoms with E-state index in [1.165, 1.54) is 12.1 Å². The molecule has 1 aromatic carbocycles. The molecule has 0 aliphatic carbocycles. The number of hydrogen-bond donors (Lipinski definition) is 2. The van der Waals surface area contributed by atoms with Gasteiger partial charge in [0.1, 0.15) is 11.5 Å². The zero-order valence-electron chi connectivity index (χ0n) is 16.1. The van der Waals surface area contributed by atoms with Crippen LogP contribution in [0.1, 0.15) is 38.0 Å². The number of benzene rings is 1. The standard InChI is InChI=1S/C18H23F3N4O2.HI/c1-17(2,3)14-10-23-15(26-14)11-25-16(22-4)24-9-12-7-5-6-8-13(12)27-18(19,20)21;/h5-8,10H,9,11H2,1-4H3,(H2,22,24,25);1H. The molecule has 28 heavy (non-hydrogen) atoms. The van der Waals surface area contributed by atoms with E-state index in [1.807, 2.05) is 20.8 Å². The summed E-state index contributed by atoms with van der Waals surface area (Å²) in [4.78, 5) is 8.24. The lowest BCUT2D eigenvalue weighted by atomic mass is 9.94. The van der Waals surface area contributed by atoms with Gasteiger partial charge in [0.05, 0.1) is 12.7 Å². The minimum atomic E-state index is -4.74. The predicted molar refractivity (Wildman–Crippen MR) is 111 cm³/mol. The highest BCUT2D eigenvalue weighted by atomic mass is 127. The van der Waals surface area contributed by atoms with Crippen LogP contribution < -0.4 is 15.4 Å². The quantitative estimate of drug-likeness (QED) is 0.354. The Bertz CT molecular complexity index is 786. The Morgan fingerprint density at radius 1 is 1.14 bits per heavy atom. The highest BCUT2D eigenvalue weighted by molar-refractivity contribution is 14.0. The molecule has 2 rings (SSSR count). The smallest absolute Gasteiger partial charge is 0.443 e. The van der Waals surface area contributed by atoms with E-state index < -0.39 is 6.36 Å². The molecule has 2 N–H and O–H groups in total. The Morgan fingerprint density at radius 2 is 1.79 bits per heavy atom. The third-order valence-electron chi connectivity index (χ3n) is 3.57. The molecule has 1 aromatic heterocycles. The van der Waals surface area contributed by atoms with E-state index in [-0.39, 0.29) is 48.2 Å². The van der Waals surface area contributed by atoms with Gasteiger partial charge in [-0.25, -0.2) is 4.98 Å². The first-order valence-electron chi connectivity index (χ1n) is 8.32. The molecule has 0 fully saturated rings. The number of nitrogens with one attached hydrogen (secondary N) is 2. The summed E-state index contributed by atoms with van der Waals surface area (Å²) in [6.45, 7) is 6.45. The maximum absolute atomic E-state index is 12.5. The highest BCUT2D eigenvalue weighted by Gasteiger charge is 2.31. The van der Waals surface area contributed by atoms with Gasteiger partial charge in [-0.1, -0.05) is 39.0 Å². The molecule has 0 aliphatic rings. The second-order valence-electron chi connectivity index (χ2n) is 6.80. The van der Waals surface area contributed by atoms with Crippen LogP contribution in [0.15, 0.2) is 39.9 Å². The predicted octanol–water partition coefficient (Wildman–Crippen LogP) is 4.35. The maximum atomic E-state index is 12.5. The molecular weight excluding hydrogens is 488 g/mol. The molecule has 10 heteroatoms. The average molecular weight is 512 g/mol. The molecule has 0 unspecified atom stereocenters. The number of oxazole rings is 1. The zero-order chi connectivity index (χ0) is 20.1. The number of aliphatic imine (C=N–C) groups is 1. The molecule has 0 spiro atoms. The summed E-state index contributed by atoms with van der Waals surface area (Å²) in [6, 6.07) is 5.93. The fraction of sp³-hybridized carbons (Fsp3) is 0.444. The Kier molecular flexibility index (Phi) is 8.58. The lowest BCUT2D eigenvalue weighted by molar-refractivity contribution is -0.274. The molecule has 0 amide bonds. The van der Waals surface area contributed by atoms with E-state index in [0.29, 0.717) is 17.4 Å². The number of aromatic nitrogens is 1. The van der Waals surface area contributed by atoms with E-state index in [4.69, 9.17) is 4.42 Å². The number of halogens is 4. The van der Waals surface area contributed by atoms with Crippen molar-refractivity contribution in [3.8, 4) is 5.75 Å². The fourth-order valence-electron chi connectivity index (χ4n) is 2.17. The van der Waals surface area contributed by atoms with E-state index in [2.05, 4.69) is 25.3 Å². The minimum absolute atomic E-state index is 0. The lowest BCUT2D eigenvalue weighted by Gasteiger charge is -2.15. The van der Waals surface area contributed by atoms with Crippen molar-refractivity contribution in [2.24, 2.45) is 4.99 Å². The molecule has 156 valence electrons. The van der Waals surface area contributed by atoms with Crippen LogP contribution in [0.2, 0.25) is 0 Å². The van der Waals surface area contributed by atoms with Crippen LogP contribution in [-0.4, -0.2) is 24.4 Å². The van der Waals surface area contributed by atoms with Gasteiger partial charge in [-0.3, -0.25) is 4.99 Å². The summed E-state index contributed by atoms with van der Waals surface area (Å²) < 4.78 is 47.2. The van der Waals surface area contributed by atoms with Crippen LogP contribution in [-0.2, 0) is 18.5 Å². The van der Waals surface area contributed by atoms with Crippen LogP contribution in [0.3, 0.4) is 0 Å². The van der Waals surface area contributed by atoms with E-state index in [0.717, 1.165) is 5.76 Å². The van der Waals surface area contributed by atoms with Crippen molar-refractivity contribution >= 4 is 29.9 Å². The summed E-state index contributed by atoms with van der Waals surface area (Å²) in [5.74, 6) is 1.40. The molecular formula is C18H24F3IN4O2. The molecule has 0 radical (unpaired) electrons. The topological polar surface area (TPSA) is 71.7 Å². The normalized spacial score (nSPS) is 12.3. The van der Waals surface area contributed by atoms with Crippen LogP contribution in [0.4, 0.5) is 13.2 Å².